The van der Waals surface area contributed by atoms with Crippen LogP contribution in [0.3, 0.4) is 0 Å². The maximum atomic E-state index is 12.2. The van der Waals surface area contributed by atoms with Crippen LogP contribution in [0.1, 0.15) is 22.8 Å². The Morgan fingerprint density at radius 3 is 2.29 bits per heavy atom. The van der Waals surface area contributed by atoms with Crippen LogP contribution in [-0.2, 0) is 4.79 Å². The number of likely N-dealkylation sites (N-methyl/N-ethyl adjacent to an activating group) is 1. The highest BCUT2D eigenvalue weighted by Gasteiger charge is 2.26. The summed E-state index contributed by atoms with van der Waals surface area (Å²) in [5, 5.41) is 5.57. The molecule has 0 aliphatic carbocycles. The third-order valence-electron chi connectivity index (χ3n) is 5.37. The van der Waals surface area contributed by atoms with E-state index in [1.54, 1.807) is 24.4 Å². The molecule has 0 aromatic heterocycles. The van der Waals surface area contributed by atoms with E-state index >= 15 is 0 Å². The fourth-order valence-electron chi connectivity index (χ4n) is 3.67. The quantitative estimate of drug-likeness (QED) is 0.634. The minimum absolute atomic E-state index is 0.356. The van der Waals surface area contributed by atoms with Crippen LogP contribution in [0.15, 0.2) is 54.7 Å². The molecule has 28 heavy (non-hydrogen) atoms. The molecule has 1 fully saturated rings. The Morgan fingerprint density at radius 2 is 1.61 bits per heavy atom. The lowest BCUT2D eigenvalue weighted by Crippen LogP contribution is -2.46. The van der Waals surface area contributed by atoms with Gasteiger partial charge in [-0.2, -0.15) is 0 Å². The van der Waals surface area contributed by atoms with Gasteiger partial charge >= 0.3 is 0 Å². The van der Waals surface area contributed by atoms with Crippen molar-refractivity contribution in [1.82, 2.24) is 10.2 Å². The van der Waals surface area contributed by atoms with Crippen molar-refractivity contribution >= 4 is 28.8 Å². The summed E-state index contributed by atoms with van der Waals surface area (Å²) in [6, 6.07) is 15.3. The number of anilines is 2. The molecule has 6 heteroatoms. The third-order valence-corrected chi connectivity index (χ3v) is 5.37. The Morgan fingerprint density at radius 1 is 0.929 bits per heavy atom. The molecule has 2 N–H and O–H groups in total. The number of amides is 2. The molecular weight excluding hydrogens is 352 g/mol. The van der Waals surface area contributed by atoms with Crippen LogP contribution < -0.4 is 15.5 Å². The van der Waals surface area contributed by atoms with E-state index in [1.807, 2.05) is 18.2 Å². The van der Waals surface area contributed by atoms with Gasteiger partial charge in [0.2, 0.25) is 0 Å². The summed E-state index contributed by atoms with van der Waals surface area (Å²) in [6.45, 7) is 7.57. The van der Waals surface area contributed by atoms with E-state index in [0.29, 0.717) is 16.7 Å². The molecular formula is C22H24N4O2. The van der Waals surface area contributed by atoms with Gasteiger partial charge < -0.3 is 15.1 Å². The van der Waals surface area contributed by atoms with Gasteiger partial charge in [0.1, 0.15) is 0 Å². The summed E-state index contributed by atoms with van der Waals surface area (Å²) in [4.78, 5) is 29.1. The summed E-state index contributed by atoms with van der Waals surface area (Å²) in [5.74, 6) is -0.744. The molecule has 0 saturated carbocycles. The Labute approximate surface area is 164 Å². The van der Waals surface area contributed by atoms with Gasteiger partial charge in [-0.1, -0.05) is 25.1 Å². The van der Waals surface area contributed by atoms with E-state index in [4.69, 9.17) is 0 Å². The Balaban J connectivity index is 1.47. The van der Waals surface area contributed by atoms with Crippen molar-refractivity contribution in [3.8, 4) is 0 Å². The summed E-state index contributed by atoms with van der Waals surface area (Å²) in [7, 11) is 0. The Kier molecular flexibility index (Phi) is 5.12. The van der Waals surface area contributed by atoms with E-state index in [9.17, 15) is 9.59 Å². The lowest BCUT2D eigenvalue weighted by atomic mass is 9.96. The maximum Gasteiger partial charge on any atom is 0.260 e. The molecule has 2 heterocycles. The predicted octanol–water partition coefficient (Wildman–Crippen LogP) is 2.55. The zero-order valence-corrected chi connectivity index (χ0v) is 15.9. The minimum Gasteiger partial charge on any atom is -0.369 e. The monoisotopic (exact) mass is 376 g/mol. The normalized spacial score (nSPS) is 18.8. The number of imide groups is 1. The number of hydrogen-bond donors (Lipinski definition) is 2. The highest BCUT2D eigenvalue weighted by Crippen LogP contribution is 2.25. The third kappa shape index (κ3) is 3.64. The molecule has 0 radical (unpaired) electrons. The van der Waals surface area contributed by atoms with Crippen molar-refractivity contribution in [1.29, 1.82) is 0 Å². The summed E-state index contributed by atoms with van der Waals surface area (Å²) < 4.78 is 0. The van der Waals surface area contributed by atoms with Crippen molar-refractivity contribution in [2.45, 2.75) is 6.92 Å². The van der Waals surface area contributed by atoms with Crippen LogP contribution in [0, 0.1) is 0 Å². The van der Waals surface area contributed by atoms with E-state index in [1.165, 1.54) is 5.69 Å². The minimum atomic E-state index is -0.387. The van der Waals surface area contributed by atoms with Crippen LogP contribution in [0.25, 0.3) is 5.57 Å². The molecule has 1 saturated heterocycles. The largest absolute Gasteiger partial charge is 0.369 e. The number of benzene rings is 2. The van der Waals surface area contributed by atoms with E-state index in [-0.39, 0.29) is 11.8 Å². The molecule has 0 bridgehead atoms. The predicted molar refractivity (Wildman–Crippen MR) is 111 cm³/mol. The zero-order chi connectivity index (χ0) is 19.5. The first-order valence-corrected chi connectivity index (χ1v) is 9.65. The van der Waals surface area contributed by atoms with Crippen LogP contribution in [0.2, 0.25) is 0 Å². The Bertz CT molecular complexity index is 912. The van der Waals surface area contributed by atoms with Gasteiger partial charge in [-0.05, 0) is 36.9 Å². The number of nitrogens with zero attached hydrogens (tertiary/aromatic N) is 2. The van der Waals surface area contributed by atoms with Gasteiger partial charge in [-0.25, -0.2) is 0 Å². The van der Waals surface area contributed by atoms with Crippen LogP contribution in [0.5, 0.6) is 0 Å². The first-order valence-electron chi connectivity index (χ1n) is 9.65. The van der Waals surface area contributed by atoms with Gasteiger partial charge in [0.25, 0.3) is 11.8 Å². The summed E-state index contributed by atoms with van der Waals surface area (Å²) in [5.41, 5.74) is 3.71. The Hall–Kier alpha value is -3.12. The average molecular weight is 376 g/mol. The van der Waals surface area contributed by atoms with E-state index < -0.39 is 0 Å². The lowest BCUT2D eigenvalue weighted by Gasteiger charge is -2.35. The number of carbonyl (C=O) groups excluding carboxylic acids is 2. The van der Waals surface area contributed by atoms with Crippen LogP contribution in [-0.4, -0.2) is 49.4 Å². The van der Waals surface area contributed by atoms with Gasteiger partial charge in [0.15, 0.2) is 0 Å². The molecule has 4 rings (SSSR count). The first-order chi connectivity index (χ1) is 13.7. The van der Waals surface area contributed by atoms with Gasteiger partial charge in [0.05, 0.1) is 5.57 Å². The lowest BCUT2D eigenvalue weighted by molar-refractivity contribution is -0.114. The molecule has 2 amide bonds. The maximum absolute atomic E-state index is 12.2. The van der Waals surface area contributed by atoms with Crippen molar-refractivity contribution in [2.75, 3.05) is 42.9 Å². The van der Waals surface area contributed by atoms with Crippen LogP contribution in [0.4, 0.5) is 11.4 Å². The molecule has 0 spiro atoms. The smallest absolute Gasteiger partial charge is 0.260 e. The second-order valence-corrected chi connectivity index (χ2v) is 7.00. The van der Waals surface area contributed by atoms with Crippen molar-refractivity contribution in [3.05, 3.63) is 65.9 Å². The fraction of sp³-hybridized carbons (Fsp3) is 0.273. The molecule has 2 aliphatic rings. The molecule has 2 aliphatic heterocycles. The fourth-order valence-corrected chi connectivity index (χ4v) is 3.67. The number of fused-ring (bicyclic) bond motifs is 1. The molecule has 0 atom stereocenters. The number of rotatable bonds is 4. The van der Waals surface area contributed by atoms with E-state index in [0.717, 1.165) is 38.4 Å². The molecule has 144 valence electrons. The highest BCUT2D eigenvalue weighted by molar-refractivity contribution is 6.31. The van der Waals surface area contributed by atoms with Gasteiger partial charge in [0, 0.05) is 54.9 Å². The number of carbonyl (C=O) groups is 2. The van der Waals surface area contributed by atoms with Crippen molar-refractivity contribution in [3.63, 3.8) is 0 Å². The number of piperazine rings is 1. The molecule has 0 unspecified atom stereocenters. The number of nitrogens with one attached hydrogen (secondary N) is 2. The van der Waals surface area contributed by atoms with Crippen LogP contribution >= 0.6 is 0 Å². The highest BCUT2D eigenvalue weighted by atomic mass is 16.2. The standard InChI is InChI=1S/C22H24N4O2/c1-2-25-11-13-26(14-12-25)17-9-7-16(8-10-17)23-15-20-18-5-3-4-6-19(18)21(27)24-22(20)28/h3-10,15,23H,2,11-14H2,1H3,(H,24,27,28). The average Bonchev–Trinajstić information content (AvgIpc) is 2.74. The molecule has 6 nitrogen and oxygen atoms in total. The molecule has 2 aromatic rings. The first kappa shape index (κ1) is 18.3. The summed E-state index contributed by atoms with van der Waals surface area (Å²) >= 11 is 0. The SMILES string of the molecule is CCN1CCN(c2ccc(NC=C3C(=O)NC(=O)c4ccccc43)cc2)CC1. The second-order valence-electron chi connectivity index (χ2n) is 7.00. The van der Waals surface area contributed by atoms with Gasteiger partial charge in [-0.15, -0.1) is 0 Å². The zero-order valence-electron chi connectivity index (χ0n) is 15.9. The van der Waals surface area contributed by atoms with E-state index in [2.05, 4.69) is 39.5 Å². The topological polar surface area (TPSA) is 64.7 Å². The van der Waals surface area contributed by atoms with Gasteiger partial charge in [-0.3, -0.25) is 14.9 Å². The number of hydrogen-bond acceptors (Lipinski definition) is 5. The molecule has 2 aromatic carbocycles. The second kappa shape index (κ2) is 7.86. The van der Waals surface area contributed by atoms with Crippen molar-refractivity contribution < 1.29 is 9.59 Å². The van der Waals surface area contributed by atoms with Crippen molar-refractivity contribution in [2.24, 2.45) is 0 Å². The summed E-state index contributed by atoms with van der Waals surface area (Å²) in [6.07, 6.45) is 1.66.